The summed E-state index contributed by atoms with van der Waals surface area (Å²) in [5.41, 5.74) is 1.87. The van der Waals surface area contributed by atoms with Crippen LogP contribution in [-0.2, 0) is 31.7 Å². The zero-order valence-corrected chi connectivity index (χ0v) is 27.7. The largest absolute Gasteiger partial charge is 0.496 e. The summed E-state index contributed by atoms with van der Waals surface area (Å²) in [4.78, 5) is 20.4. The fraction of sp³-hybridized carbons (Fsp3) is 0.500. The number of aromatic nitrogens is 1. The number of ether oxygens (including phenoxy) is 4. The molecule has 3 aliphatic heterocycles. The van der Waals surface area contributed by atoms with Gasteiger partial charge in [0.05, 0.1) is 44.5 Å². The summed E-state index contributed by atoms with van der Waals surface area (Å²) in [6.45, 7) is 0.925. The number of benzene rings is 2. The number of hydrogen-bond acceptors (Lipinski definition) is 8. The normalized spacial score (nSPS) is 27.7. The quantitative estimate of drug-likeness (QED) is 0.136. The van der Waals surface area contributed by atoms with Gasteiger partial charge in [-0.05, 0) is 92.1 Å². The number of esters is 1. The standard InChI is InChI=1S/C36H37F6N3O5/c1-19-31(23-12-24(36(40,41)42)15-25(37)13-23)49-34-32(50-34)45(19)16-28-26(9-11-30(43-28)44-17-35(38,39)18-44)27-14-22(8-10-29(27)47-2)20-4-6-21(7-5-20)33(46)48-3/h8-15,19-21,31-32,34H,4-7,16-18H2,1-3H3/t19-,20?,21?,31?,32?,34?/m0/s1. The zero-order valence-electron chi connectivity index (χ0n) is 27.7. The van der Waals surface area contributed by atoms with Gasteiger partial charge in [-0.1, -0.05) is 6.07 Å². The highest BCUT2D eigenvalue weighted by atomic mass is 19.4. The van der Waals surface area contributed by atoms with E-state index in [-0.39, 0.29) is 29.9 Å². The molecular weight excluding hydrogens is 668 g/mol. The molecule has 3 saturated heterocycles. The topological polar surface area (TPSA) is 76.7 Å². The van der Waals surface area contributed by atoms with Gasteiger partial charge in [-0.2, -0.15) is 13.2 Å². The summed E-state index contributed by atoms with van der Waals surface area (Å²) in [5, 5.41) is 0. The molecule has 2 aromatic carbocycles. The fourth-order valence-electron chi connectivity index (χ4n) is 7.52. The molecule has 4 atom stereocenters. The summed E-state index contributed by atoms with van der Waals surface area (Å²) in [6, 6.07) is 11.2. The van der Waals surface area contributed by atoms with Crippen molar-refractivity contribution in [1.82, 2.24) is 9.88 Å². The van der Waals surface area contributed by atoms with E-state index in [0.717, 1.165) is 36.1 Å². The average molecular weight is 706 g/mol. The predicted molar refractivity (Wildman–Crippen MR) is 169 cm³/mol. The lowest BCUT2D eigenvalue weighted by Gasteiger charge is -2.40. The van der Waals surface area contributed by atoms with Gasteiger partial charge in [0.2, 0.25) is 6.29 Å². The molecule has 3 aromatic rings. The minimum Gasteiger partial charge on any atom is -0.496 e. The van der Waals surface area contributed by atoms with Crippen LogP contribution >= 0.6 is 0 Å². The van der Waals surface area contributed by atoms with Gasteiger partial charge in [0.25, 0.3) is 5.92 Å². The van der Waals surface area contributed by atoms with E-state index in [2.05, 4.69) is 0 Å². The maximum atomic E-state index is 14.5. The molecule has 50 heavy (non-hydrogen) atoms. The van der Waals surface area contributed by atoms with Crippen LogP contribution < -0.4 is 9.64 Å². The van der Waals surface area contributed by atoms with Crippen molar-refractivity contribution < 1.29 is 50.1 Å². The molecule has 8 nitrogen and oxygen atoms in total. The molecule has 1 aromatic heterocycles. The zero-order chi connectivity index (χ0) is 35.5. The van der Waals surface area contributed by atoms with Crippen molar-refractivity contribution >= 4 is 11.8 Å². The molecule has 0 amide bonds. The Labute approximate surface area is 285 Å². The van der Waals surface area contributed by atoms with E-state index in [4.69, 9.17) is 23.9 Å². The van der Waals surface area contributed by atoms with Crippen LogP contribution in [0.2, 0.25) is 0 Å². The van der Waals surface area contributed by atoms with Crippen LogP contribution in [0.25, 0.3) is 11.1 Å². The van der Waals surface area contributed by atoms with Gasteiger partial charge in [-0.15, -0.1) is 0 Å². The number of pyridine rings is 1. The minimum atomic E-state index is -4.76. The monoisotopic (exact) mass is 705 g/mol. The molecule has 0 spiro atoms. The molecular formula is C36H37F6N3O5. The minimum absolute atomic E-state index is 0.0183. The SMILES string of the molecule is COC(=O)C1CCC(c2ccc(OC)c(-c3ccc(N4CC(F)(F)C4)nc3CN3C4OC4OC(c4cc(F)cc(C(F)(F)F)c4)[C@@H]3C)c2)CC1. The summed E-state index contributed by atoms with van der Waals surface area (Å²) < 4.78 is 105. The molecule has 1 aliphatic carbocycles. The molecule has 0 bridgehead atoms. The van der Waals surface area contributed by atoms with Gasteiger partial charge in [-0.3, -0.25) is 9.69 Å². The van der Waals surface area contributed by atoms with E-state index in [1.54, 1.807) is 20.1 Å². The van der Waals surface area contributed by atoms with Crippen LogP contribution in [-0.4, -0.2) is 67.6 Å². The fourth-order valence-corrected chi connectivity index (χ4v) is 7.52. The van der Waals surface area contributed by atoms with Crippen LogP contribution in [0.5, 0.6) is 5.75 Å². The Kier molecular flexibility index (Phi) is 9.00. The number of methoxy groups -OCH3 is 2. The van der Waals surface area contributed by atoms with E-state index in [1.165, 1.54) is 12.0 Å². The van der Waals surface area contributed by atoms with Gasteiger partial charge in [0.1, 0.15) is 23.5 Å². The van der Waals surface area contributed by atoms with E-state index in [1.807, 2.05) is 29.2 Å². The maximum Gasteiger partial charge on any atom is 0.416 e. The first-order valence-corrected chi connectivity index (χ1v) is 16.6. The second-order valence-corrected chi connectivity index (χ2v) is 13.5. The Bertz CT molecular complexity index is 1760. The molecule has 0 radical (unpaired) electrons. The van der Waals surface area contributed by atoms with Crippen LogP contribution in [0.1, 0.15) is 67.0 Å². The number of rotatable bonds is 8. The molecule has 4 aliphatic rings. The van der Waals surface area contributed by atoms with Crippen LogP contribution in [0.3, 0.4) is 0 Å². The Morgan fingerprint density at radius 2 is 1.70 bits per heavy atom. The van der Waals surface area contributed by atoms with Crippen LogP contribution in [0.15, 0.2) is 48.5 Å². The number of nitrogens with zero attached hydrogens (tertiary/aromatic N) is 3. The first kappa shape index (κ1) is 34.6. The van der Waals surface area contributed by atoms with Crippen molar-refractivity contribution in [2.45, 2.75) is 81.8 Å². The first-order valence-electron chi connectivity index (χ1n) is 16.6. The highest BCUT2D eigenvalue weighted by Crippen LogP contribution is 2.46. The van der Waals surface area contributed by atoms with Gasteiger partial charge < -0.3 is 23.8 Å². The molecule has 3 unspecified atom stereocenters. The average Bonchev–Trinajstić information content (AvgIpc) is 3.86. The van der Waals surface area contributed by atoms with Gasteiger partial charge in [0.15, 0.2) is 6.23 Å². The molecule has 7 rings (SSSR count). The third kappa shape index (κ3) is 6.76. The number of anilines is 1. The lowest BCUT2D eigenvalue weighted by Crippen LogP contribution is -2.56. The van der Waals surface area contributed by atoms with E-state index in [0.29, 0.717) is 41.7 Å². The Balaban J connectivity index is 1.23. The maximum absolute atomic E-state index is 14.5. The molecule has 14 heteroatoms. The number of morpholine rings is 1. The van der Waals surface area contributed by atoms with Crippen molar-refractivity contribution in [1.29, 1.82) is 0 Å². The molecule has 268 valence electrons. The predicted octanol–water partition coefficient (Wildman–Crippen LogP) is 7.46. The lowest BCUT2D eigenvalue weighted by molar-refractivity contribution is -0.146. The highest BCUT2D eigenvalue weighted by Gasteiger charge is 2.55. The number of fused-ring (bicyclic) bond motifs is 1. The Hall–Kier alpha value is -3.88. The smallest absolute Gasteiger partial charge is 0.416 e. The third-order valence-corrected chi connectivity index (χ3v) is 10.3. The summed E-state index contributed by atoms with van der Waals surface area (Å²) >= 11 is 0. The molecule has 1 saturated carbocycles. The number of carbonyl (C=O) groups excluding carboxylic acids is 1. The van der Waals surface area contributed by atoms with Crippen molar-refractivity contribution in [3.63, 3.8) is 0 Å². The number of carbonyl (C=O) groups is 1. The van der Waals surface area contributed by atoms with Gasteiger partial charge in [0, 0.05) is 23.7 Å². The van der Waals surface area contributed by atoms with Crippen LogP contribution in [0.4, 0.5) is 32.2 Å². The van der Waals surface area contributed by atoms with E-state index >= 15 is 0 Å². The van der Waals surface area contributed by atoms with Crippen molar-refractivity contribution in [3.8, 4) is 16.9 Å². The summed E-state index contributed by atoms with van der Waals surface area (Å²) in [5.74, 6) is -3.09. The second-order valence-electron chi connectivity index (χ2n) is 13.5. The number of alkyl halides is 5. The van der Waals surface area contributed by atoms with Crippen LogP contribution in [0, 0.1) is 11.7 Å². The first-order chi connectivity index (χ1) is 23.7. The van der Waals surface area contributed by atoms with Gasteiger partial charge >= 0.3 is 12.1 Å². The Morgan fingerprint density at radius 1 is 0.960 bits per heavy atom. The number of hydrogen-bond donors (Lipinski definition) is 0. The second kappa shape index (κ2) is 13.0. The lowest BCUT2D eigenvalue weighted by atomic mass is 9.78. The summed E-state index contributed by atoms with van der Waals surface area (Å²) in [7, 11) is 2.95. The Morgan fingerprint density at radius 3 is 2.36 bits per heavy atom. The third-order valence-electron chi connectivity index (χ3n) is 10.3. The van der Waals surface area contributed by atoms with Crippen molar-refractivity contribution in [2.75, 3.05) is 32.2 Å². The number of halogens is 6. The molecule has 4 heterocycles. The number of epoxide rings is 1. The van der Waals surface area contributed by atoms with Crippen molar-refractivity contribution in [2.24, 2.45) is 5.92 Å². The van der Waals surface area contributed by atoms with E-state index in [9.17, 15) is 31.1 Å². The highest BCUT2D eigenvalue weighted by molar-refractivity contribution is 5.75. The van der Waals surface area contributed by atoms with Crippen molar-refractivity contribution in [3.05, 3.63) is 76.7 Å². The summed E-state index contributed by atoms with van der Waals surface area (Å²) in [6.07, 6.45) is -4.02. The van der Waals surface area contributed by atoms with E-state index < -0.39 is 61.2 Å². The molecule has 4 fully saturated rings. The molecule has 0 N–H and O–H groups in total. The van der Waals surface area contributed by atoms with Gasteiger partial charge in [-0.25, -0.2) is 18.2 Å².